The van der Waals surface area contributed by atoms with Gasteiger partial charge in [0, 0.05) is 11.8 Å². The van der Waals surface area contributed by atoms with Crippen LogP contribution in [0.15, 0.2) is 65.6 Å². The number of nitrogens with one attached hydrogen (secondary N) is 1. The van der Waals surface area contributed by atoms with Crippen LogP contribution in [0.4, 0.5) is 5.69 Å². The zero-order chi connectivity index (χ0) is 20.5. The standard InChI is InChI=1S/C22H23NO3S2/c1-15(24)21-19(23-28(25,26)18-8-6-5-7-9-18)14-20(27-21)16-10-12-17(13-11-16)22(2,3)4/h5-14,23H,1-4H3. The molecule has 0 atom stereocenters. The van der Waals surface area contributed by atoms with Gasteiger partial charge in [0.15, 0.2) is 5.78 Å². The third kappa shape index (κ3) is 4.34. The lowest BCUT2D eigenvalue weighted by molar-refractivity contribution is 0.102. The molecule has 4 nitrogen and oxygen atoms in total. The number of Topliss-reactive ketones (excluding diaryl/α,β-unsaturated/α-hetero) is 1. The molecule has 1 aromatic heterocycles. The molecule has 28 heavy (non-hydrogen) atoms. The number of hydrogen-bond acceptors (Lipinski definition) is 4. The number of anilines is 1. The first-order valence-electron chi connectivity index (χ1n) is 8.91. The third-order valence-electron chi connectivity index (χ3n) is 4.39. The molecule has 0 saturated heterocycles. The van der Waals surface area contributed by atoms with E-state index < -0.39 is 10.0 Å². The van der Waals surface area contributed by atoms with E-state index >= 15 is 0 Å². The Hall–Kier alpha value is -2.44. The van der Waals surface area contributed by atoms with Gasteiger partial charge in [-0.1, -0.05) is 63.2 Å². The lowest BCUT2D eigenvalue weighted by atomic mass is 9.86. The van der Waals surface area contributed by atoms with Gasteiger partial charge in [0.2, 0.25) is 0 Å². The monoisotopic (exact) mass is 413 g/mol. The second kappa shape index (κ2) is 7.53. The Labute approximate surface area is 170 Å². The predicted octanol–water partition coefficient (Wildman–Crippen LogP) is 5.72. The molecule has 1 heterocycles. The maximum absolute atomic E-state index is 12.7. The summed E-state index contributed by atoms with van der Waals surface area (Å²) in [5.41, 5.74) is 2.53. The van der Waals surface area contributed by atoms with Gasteiger partial charge in [-0.15, -0.1) is 11.3 Å². The number of rotatable bonds is 5. The van der Waals surface area contributed by atoms with E-state index in [9.17, 15) is 13.2 Å². The zero-order valence-corrected chi connectivity index (χ0v) is 17.9. The van der Waals surface area contributed by atoms with Crippen molar-refractivity contribution < 1.29 is 13.2 Å². The Morgan fingerprint density at radius 2 is 1.57 bits per heavy atom. The number of benzene rings is 2. The summed E-state index contributed by atoms with van der Waals surface area (Å²) in [7, 11) is -3.76. The average molecular weight is 414 g/mol. The Morgan fingerprint density at radius 1 is 0.964 bits per heavy atom. The summed E-state index contributed by atoms with van der Waals surface area (Å²) in [6.45, 7) is 7.89. The SMILES string of the molecule is CC(=O)c1sc(-c2ccc(C(C)(C)C)cc2)cc1NS(=O)(=O)c1ccccc1. The topological polar surface area (TPSA) is 63.2 Å². The molecule has 0 aliphatic carbocycles. The van der Waals surface area contributed by atoms with Crippen LogP contribution in [0.2, 0.25) is 0 Å². The fourth-order valence-electron chi connectivity index (χ4n) is 2.81. The maximum Gasteiger partial charge on any atom is 0.261 e. The molecule has 3 rings (SSSR count). The summed E-state index contributed by atoms with van der Waals surface area (Å²) in [5.74, 6) is -0.173. The minimum absolute atomic E-state index is 0.0506. The molecule has 0 amide bonds. The van der Waals surface area contributed by atoms with Crippen molar-refractivity contribution in [3.63, 3.8) is 0 Å². The summed E-state index contributed by atoms with van der Waals surface area (Å²) in [6, 6.07) is 18.0. The molecule has 0 unspecified atom stereocenters. The lowest BCUT2D eigenvalue weighted by Crippen LogP contribution is -2.13. The minimum atomic E-state index is -3.76. The number of sulfonamides is 1. The molecule has 3 aromatic rings. The number of carbonyl (C=O) groups excluding carboxylic acids is 1. The van der Waals surface area contributed by atoms with Gasteiger partial charge in [-0.05, 0) is 34.7 Å². The molecule has 146 valence electrons. The van der Waals surface area contributed by atoms with E-state index in [0.29, 0.717) is 10.6 Å². The fourth-order valence-corrected chi connectivity index (χ4v) is 4.97. The van der Waals surface area contributed by atoms with Crippen LogP contribution >= 0.6 is 11.3 Å². The summed E-state index contributed by atoms with van der Waals surface area (Å²) in [6.07, 6.45) is 0. The molecular formula is C22H23NO3S2. The van der Waals surface area contributed by atoms with E-state index in [1.165, 1.54) is 36.0 Å². The average Bonchev–Trinajstić information content (AvgIpc) is 3.05. The first-order valence-corrected chi connectivity index (χ1v) is 11.2. The van der Waals surface area contributed by atoms with Crippen LogP contribution in [0.1, 0.15) is 42.9 Å². The number of ketones is 1. The zero-order valence-electron chi connectivity index (χ0n) is 16.3. The summed E-state index contributed by atoms with van der Waals surface area (Å²) in [4.78, 5) is 13.5. The van der Waals surface area contributed by atoms with Crippen LogP contribution in [0.3, 0.4) is 0 Å². The predicted molar refractivity (Wildman–Crippen MR) is 116 cm³/mol. The van der Waals surface area contributed by atoms with Crippen molar-refractivity contribution in [1.82, 2.24) is 0 Å². The number of carbonyl (C=O) groups is 1. The van der Waals surface area contributed by atoms with Crippen molar-refractivity contribution in [3.05, 3.63) is 71.1 Å². The lowest BCUT2D eigenvalue weighted by Gasteiger charge is -2.18. The summed E-state index contributed by atoms with van der Waals surface area (Å²) < 4.78 is 27.9. The van der Waals surface area contributed by atoms with Crippen molar-refractivity contribution in [2.45, 2.75) is 38.0 Å². The molecular weight excluding hydrogens is 390 g/mol. The maximum atomic E-state index is 12.7. The quantitative estimate of drug-likeness (QED) is 0.544. The molecule has 6 heteroatoms. The molecule has 1 N–H and O–H groups in total. The van der Waals surface area contributed by atoms with Gasteiger partial charge in [-0.25, -0.2) is 8.42 Å². The van der Waals surface area contributed by atoms with Crippen molar-refractivity contribution >= 4 is 32.8 Å². The Balaban J connectivity index is 1.98. The van der Waals surface area contributed by atoms with Gasteiger partial charge in [-0.3, -0.25) is 9.52 Å². The van der Waals surface area contributed by atoms with Gasteiger partial charge < -0.3 is 0 Å². The Kier molecular flexibility index (Phi) is 5.46. The van der Waals surface area contributed by atoms with Crippen LogP contribution in [0, 0.1) is 0 Å². The third-order valence-corrected chi connectivity index (χ3v) is 7.05. The van der Waals surface area contributed by atoms with Gasteiger partial charge in [0.25, 0.3) is 10.0 Å². The van der Waals surface area contributed by atoms with Gasteiger partial charge >= 0.3 is 0 Å². The van der Waals surface area contributed by atoms with E-state index in [0.717, 1.165) is 10.4 Å². The van der Waals surface area contributed by atoms with Crippen LogP contribution in [0.25, 0.3) is 10.4 Å². The molecule has 0 aliphatic rings. The molecule has 0 aliphatic heterocycles. The molecule has 2 aromatic carbocycles. The van der Waals surface area contributed by atoms with Gasteiger partial charge in [-0.2, -0.15) is 0 Å². The van der Waals surface area contributed by atoms with E-state index in [2.05, 4.69) is 37.6 Å². The highest BCUT2D eigenvalue weighted by molar-refractivity contribution is 7.92. The first kappa shape index (κ1) is 20.3. The van der Waals surface area contributed by atoms with Crippen LogP contribution < -0.4 is 4.72 Å². The fraction of sp³-hybridized carbons (Fsp3) is 0.227. The normalized spacial score (nSPS) is 12.0. The molecule has 0 fully saturated rings. The smallest absolute Gasteiger partial charge is 0.261 e. The Bertz CT molecular complexity index is 1090. The van der Waals surface area contributed by atoms with E-state index in [4.69, 9.17) is 0 Å². The van der Waals surface area contributed by atoms with Crippen molar-refractivity contribution in [1.29, 1.82) is 0 Å². The van der Waals surface area contributed by atoms with E-state index in [1.54, 1.807) is 24.3 Å². The highest BCUT2D eigenvalue weighted by Gasteiger charge is 2.21. The summed E-state index contributed by atoms with van der Waals surface area (Å²) >= 11 is 1.29. The minimum Gasteiger partial charge on any atom is -0.294 e. The summed E-state index contributed by atoms with van der Waals surface area (Å²) in [5, 5.41) is 0. The van der Waals surface area contributed by atoms with Gasteiger partial charge in [0.05, 0.1) is 15.5 Å². The molecule has 0 radical (unpaired) electrons. The second-order valence-electron chi connectivity index (χ2n) is 7.66. The van der Waals surface area contributed by atoms with Crippen LogP contribution in [0.5, 0.6) is 0 Å². The molecule has 0 saturated carbocycles. The number of hydrogen-bond donors (Lipinski definition) is 1. The Morgan fingerprint density at radius 3 is 2.11 bits per heavy atom. The van der Waals surface area contributed by atoms with Crippen LogP contribution in [-0.2, 0) is 15.4 Å². The second-order valence-corrected chi connectivity index (χ2v) is 10.4. The van der Waals surface area contributed by atoms with E-state index in [-0.39, 0.29) is 16.1 Å². The largest absolute Gasteiger partial charge is 0.294 e. The highest BCUT2D eigenvalue weighted by Crippen LogP contribution is 2.37. The first-order chi connectivity index (χ1) is 13.1. The van der Waals surface area contributed by atoms with Crippen molar-refractivity contribution in [2.75, 3.05) is 4.72 Å². The van der Waals surface area contributed by atoms with E-state index in [1.807, 2.05) is 12.1 Å². The molecule has 0 spiro atoms. The molecule has 0 bridgehead atoms. The van der Waals surface area contributed by atoms with Crippen molar-refractivity contribution in [3.8, 4) is 10.4 Å². The number of thiophene rings is 1. The van der Waals surface area contributed by atoms with Crippen LogP contribution in [-0.4, -0.2) is 14.2 Å². The highest BCUT2D eigenvalue weighted by atomic mass is 32.2. The van der Waals surface area contributed by atoms with Crippen molar-refractivity contribution in [2.24, 2.45) is 0 Å². The van der Waals surface area contributed by atoms with Gasteiger partial charge in [0.1, 0.15) is 0 Å².